The molecule has 0 aliphatic carbocycles. The molecule has 0 bridgehead atoms. The monoisotopic (exact) mass is 424 g/mol. The number of benzene rings is 2. The van der Waals surface area contributed by atoms with Crippen LogP contribution in [0.2, 0.25) is 0 Å². The topological polar surface area (TPSA) is 34.0 Å². The fraction of sp³-hybridized carbons (Fsp3) is 0.0952. The van der Waals surface area contributed by atoms with Crippen LogP contribution in [0.5, 0.6) is 0 Å². The average Bonchev–Trinajstić information content (AvgIpc) is 3.28. The summed E-state index contributed by atoms with van der Waals surface area (Å²) in [4.78, 5) is 13.8. The zero-order chi connectivity index (χ0) is 17.9. The number of fused-ring (bicyclic) bond motifs is 1. The highest BCUT2D eigenvalue weighted by molar-refractivity contribution is 9.10. The van der Waals surface area contributed by atoms with E-state index in [-0.39, 0.29) is 5.91 Å². The highest BCUT2D eigenvalue weighted by Crippen LogP contribution is 2.31. The van der Waals surface area contributed by atoms with Crippen LogP contribution >= 0.6 is 27.3 Å². The molecule has 4 aromatic rings. The predicted octanol–water partition coefficient (Wildman–Crippen LogP) is 5.45. The Morgan fingerprint density at radius 3 is 2.73 bits per heavy atom. The highest BCUT2D eigenvalue weighted by atomic mass is 79.9. The molecule has 4 rings (SSSR count). The third-order valence-electron chi connectivity index (χ3n) is 4.26. The quantitative estimate of drug-likeness (QED) is 0.454. The Kier molecular flexibility index (Phi) is 4.91. The van der Waals surface area contributed by atoms with Gasteiger partial charge < -0.3 is 9.88 Å². The lowest BCUT2D eigenvalue weighted by molar-refractivity contribution is -0.121. The number of carbonyl (C=O) groups is 1. The van der Waals surface area contributed by atoms with E-state index in [0.29, 0.717) is 13.1 Å². The molecule has 26 heavy (non-hydrogen) atoms. The maximum Gasteiger partial charge on any atom is 0.240 e. The molecule has 1 N–H and O–H groups in total. The van der Waals surface area contributed by atoms with Crippen LogP contribution in [0.25, 0.3) is 21.5 Å². The van der Waals surface area contributed by atoms with Gasteiger partial charge in [-0.2, -0.15) is 0 Å². The number of nitrogens with zero attached hydrogens (tertiary/aromatic N) is 1. The number of carbonyl (C=O) groups excluding carboxylic acids is 1. The zero-order valence-electron chi connectivity index (χ0n) is 14.0. The molecule has 2 aromatic carbocycles. The van der Waals surface area contributed by atoms with Gasteiger partial charge in [0.1, 0.15) is 6.54 Å². The predicted molar refractivity (Wildman–Crippen MR) is 111 cm³/mol. The number of hydrogen-bond donors (Lipinski definition) is 1. The molecule has 0 unspecified atom stereocenters. The van der Waals surface area contributed by atoms with Crippen LogP contribution in [0.1, 0.15) is 5.56 Å². The number of halogens is 1. The molecule has 5 heteroatoms. The summed E-state index contributed by atoms with van der Waals surface area (Å²) >= 11 is 5.15. The van der Waals surface area contributed by atoms with E-state index in [4.69, 9.17) is 0 Å². The first-order valence-electron chi connectivity index (χ1n) is 8.34. The summed E-state index contributed by atoms with van der Waals surface area (Å²) in [6, 6.07) is 22.4. The van der Waals surface area contributed by atoms with Crippen LogP contribution in [0, 0.1) is 0 Å². The summed E-state index contributed by atoms with van der Waals surface area (Å²) in [6.07, 6.45) is 0. The molecule has 0 aliphatic heterocycles. The maximum absolute atomic E-state index is 12.6. The van der Waals surface area contributed by atoms with Crippen molar-refractivity contribution >= 4 is 44.1 Å². The molecule has 0 aliphatic rings. The van der Waals surface area contributed by atoms with Crippen molar-refractivity contribution < 1.29 is 4.79 Å². The molecule has 3 nitrogen and oxygen atoms in total. The van der Waals surface area contributed by atoms with E-state index in [9.17, 15) is 4.79 Å². The lowest BCUT2D eigenvalue weighted by Gasteiger charge is -2.11. The van der Waals surface area contributed by atoms with E-state index in [2.05, 4.69) is 55.5 Å². The largest absolute Gasteiger partial charge is 0.350 e. The molecule has 1 amide bonds. The first-order valence-corrected chi connectivity index (χ1v) is 10.0. The number of nitrogens with one attached hydrogen (secondary N) is 1. The Hall–Kier alpha value is -2.37. The Bertz CT molecular complexity index is 1050. The van der Waals surface area contributed by atoms with Crippen LogP contribution < -0.4 is 5.32 Å². The van der Waals surface area contributed by atoms with Crippen molar-refractivity contribution in [1.29, 1.82) is 0 Å². The Morgan fingerprint density at radius 1 is 1.04 bits per heavy atom. The summed E-state index contributed by atoms with van der Waals surface area (Å²) in [5.41, 5.74) is 3.23. The van der Waals surface area contributed by atoms with Crippen molar-refractivity contribution in [2.45, 2.75) is 13.1 Å². The molecule has 0 spiro atoms. The number of para-hydroxylation sites is 1. The van der Waals surface area contributed by atoms with Gasteiger partial charge in [-0.1, -0.05) is 52.3 Å². The van der Waals surface area contributed by atoms with Gasteiger partial charge in [0.25, 0.3) is 0 Å². The fourth-order valence-electron chi connectivity index (χ4n) is 3.06. The summed E-state index contributed by atoms with van der Waals surface area (Å²) in [5.74, 6) is 0.00383. The standard InChI is InChI=1S/C21H17BrN2OS/c22-17-7-3-5-15(11-17)13-23-21(25)14-24-18-8-2-1-6-16(18)12-19(24)20-9-4-10-26-20/h1-12H,13-14H2,(H,23,25). The van der Waals surface area contributed by atoms with E-state index in [1.54, 1.807) is 11.3 Å². The van der Waals surface area contributed by atoms with Crippen LogP contribution in [0.3, 0.4) is 0 Å². The Balaban J connectivity index is 1.58. The van der Waals surface area contributed by atoms with Gasteiger partial charge in [0.15, 0.2) is 0 Å². The lowest BCUT2D eigenvalue weighted by atomic mass is 10.2. The van der Waals surface area contributed by atoms with Crippen molar-refractivity contribution in [3.8, 4) is 10.6 Å². The average molecular weight is 425 g/mol. The van der Waals surface area contributed by atoms with Gasteiger partial charge >= 0.3 is 0 Å². The van der Waals surface area contributed by atoms with Crippen molar-refractivity contribution in [1.82, 2.24) is 9.88 Å². The van der Waals surface area contributed by atoms with Crippen LogP contribution in [0.4, 0.5) is 0 Å². The van der Waals surface area contributed by atoms with Gasteiger partial charge in [-0.05, 0) is 41.3 Å². The molecule has 0 atom stereocenters. The van der Waals surface area contributed by atoms with Crippen molar-refractivity contribution in [3.05, 3.63) is 82.1 Å². The van der Waals surface area contributed by atoms with Gasteiger partial charge in [0, 0.05) is 21.9 Å². The second kappa shape index (κ2) is 7.48. The number of amides is 1. The van der Waals surface area contributed by atoms with Crippen molar-refractivity contribution in [2.75, 3.05) is 0 Å². The van der Waals surface area contributed by atoms with Crippen LogP contribution in [-0.4, -0.2) is 10.5 Å². The summed E-state index contributed by atoms with van der Waals surface area (Å²) < 4.78 is 3.11. The second-order valence-corrected chi connectivity index (χ2v) is 7.92. The minimum Gasteiger partial charge on any atom is -0.350 e. The third-order valence-corrected chi connectivity index (χ3v) is 5.65. The lowest BCUT2D eigenvalue weighted by Crippen LogP contribution is -2.27. The molecule has 0 saturated heterocycles. The number of hydrogen-bond acceptors (Lipinski definition) is 2. The maximum atomic E-state index is 12.6. The first kappa shape index (κ1) is 17.1. The molecule has 2 aromatic heterocycles. The van der Waals surface area contributed by atoms with Crippen LogP contribution in [0.15, 0.2) is 76.6 Å². The highest BCUT2D eigenvalue weighted by Gasteiger charge is 2.14. The summed E-state index contributed by atoms with van der Waals surface area (Å²) in [6.45, 7) is 0.820. The summed E-state index contributed by atoms with van der Waals surface area (Å²) in [7, 11) is 0. The van der Waals surface area contributed by atoms with Gasteiger partial charge in [0.2, 0.25) is 5.91 Å². The number of thiophene rings is 1. The molecule has 0 fully saturated rings. The Labute approximate surface area is 164 Å². The molecule has 0 saturated carbocycles. The van der Waals surface area contributed by atoms with Gasteiger partial charge in [-0.25, -0.2) is 0 Å². The minimum atomic E-state index is 0.00383. The van der Waals surface area contributed by atoms with Gasteiger partial charge in [-0.3, -0.25) is 4.79 Å². The van der Waals surface area contributed by atoms with E-state index < -0.39 is 0 Å². The van der Waals surface area contributed by atoms with Crippen molar-refractivity contribution in [3.63, 3.8) is 0 Å². The third kappa shape index (κ3) is 3.59. The SMILES string of the molecule is O=C(Cn1c(-c2cccs2)cc2ccccc21)NCc1cccc(Br)c1. The molecular formula is C21H17BrN2OS. The summed E-state index contributed by atoms with van der Waals surface area (Å²) in [5, 5.41) is 6.23. The van der Waals surface area contributed by atoms with Gasteiger partial charge in [-0.15, -0.1) is 11.3 Å². The molecular weight excluding hydrogens is 408 g/mol. The molecule has 2 heterocycles. The van der Waals surface area contributed by atoms with E-state index >= 15 is 0 Å². The normalized spacial score (nSPS) is 11.0. The fourth-order valence-corrected chi connectivity index (χ4v) is 4.25. The molecule has 0 radical (unpaired) electrons. The van der Waals surface area contributed by atoms with E-state index in [0.717, 1.165) is 26.6 Å². The number of aromatic nitrogens is 1. The van der Waals surface area contributed by atoms with E-state index in [1.807, 2.05) is 42.5 Å². The second-order valence-electron chi connectivity index (χ2n) is 6.06. The van der Waals surface area contributed by atoms with Crippen LogP contribution in [-0.2, 0) is 17.9 Å². The molecule has 130 valence electrons. The smallest absolute Gasteiger partial charge is 0.240 e. The Morgan fingerprint density at radius 2 is 1.92 bits per heavy atom. The van der Waals surface area contributed by atoms with Gasteiger partial charge in [0.05, 0.1) is 10.6 Å². The first-order chi connectivity index (χ1) is 12.7. The van der Waals surface area contributed by atoms with Crippen molar-refractivity contribution in [2.24, 2.45) is 0 Å². The number of rotatable bonds is 5. The zero-order valence-corrected chi connectivity index (χ0v) is 16.4. The minimum absolute atomic E-state index is 0.00383. The van der Waals surface area contributed by atoms with E-state index in [1.165, 1.54) is 4.88 Å².